The molecule has 1 aliphatic rings. The Morgan fingerprint density at radius 1 is 1.03 bits per heavy atom. The number of carbonyl (C=O) groups is 1. The molecule has 8 heteroatoms. The summed E-state index contributed by atoms with van der Waals surface area (Å²) in [4.78, 5) is 31.8. The SMILES string of the molecule is O=C(Cn1nc2c(N3CCc4ccccc4C3)nccn2c1=O)Nc1ccccc1. The first-order valence-electron chi connectivity index (χ1n) is 9.80. The molecule has 8 nitrogen and oxygen atoms in total. The number of para-hydroxylation sites is 1. The van der Waals surface area contributed by atoms with Gasteiger partial charge in [0.2, 0.25) is 11.6 Å². The minimum atomic E-state index is -0.366. The molecule has 1 amide bonds. The van der Waals surface area contributed by atoms with Gasteiger partial charge < -0.3 is 10.2 Å². The Hall–Kier alpha value is -3.94. The Bertz CT molecular complexity index is 1280. The van der Waals surface area contributed by atoms with Crippen LogP contribution < -0.4 is 15.9 Å². The fourth-order valence-corrected chi connectivity index (χ4v) is 3.80. The van der Waals surface area contributed by atoms with Gasteiger partial charge in [0, 0.05) is 31.2 Å². The van der Waals surface area contributed by atoms with Gasteiger partial charge in [-0.25, -0.2) is 18.9 Å². The Balaban J connectivity index is 1.43. The smallest absolute Gasteiger partial charge is 0.349 e. The molecule has 4 aromatic rings. The van der Waals surface area contributed by atoms with Gasteiger partial charge in [-0.1, -0.05) is 42.5 Å². The van der Waals surface area contributed by atoms with E-state index in [0.717, 1.165) is 13.0 Å². The van der Waals surface area contributed by atoms with Gasteiger partial charge in [0.05, 0.1) is 0 Å². The first-order chi connectivity index (χ1) is 14.7. The summed E-state index contributed by atoms with van der Waals surface area (Å²) < 4.78 is 2.62. The number of anilines is 2. The van der Waals surface area contributed by atoms with Crippen molar-refractivity contribution < 1.29 is 4.79 Å². The molecule has 0 aliphatic carbocycles. The van der Waals surface area contributed by atoms with Crippen molar-refractivity contribution in [3.8, 4) is 0 Å². The van der Waals surface area contributed by atoms with Crippen LogP contribution in [0, 0.1) is 0 Å². The average molecular weight is 400 g/mol. The van der Waals surface area contributed by atoms with Crippen LogP contribution in [-0.2, 0) is 24.3 Å². The van der Waals surface area contributed by atoms with Crippen molar-refractivity contribution in [2.75, 3.05) is 16.8 Å². The maximum atomic E-state index is 12.8. The topological polar surface area (TPSA) is 84.5 Å². The molecule has 30 heavy (non-hydrogen) atoms. The van der Waals surface area contributed by atoms with Gasteiger partial charge >= 0.3 is 5.69 Å². The lowest BCUT2D eigenvalue weighted by molar-refractivity contribution is -0.117. The highest BCUT2D eigenvalue weighted by atomic mass is 16.2. The molecule has 0 bridgehead atoms. The summed E-state index contributed by atoms with van der Waals surface area (Å²) in [5.74, 6) is 0.333. The van der Waals surface area contributed by atoms with Crippen LogP contribution >= 0.6 is 0 Å². The summed E-state index contributed by atoms with van der Waals surface area (Å²) in [6, 6.07) is 17.5. The number of nitrogens with one attached hydrogen (secondary N) is 1. The van der Waals surface area contributed by atoms with Crippen LogP contribution in [0.2, 0.25) is 0 Å². The number of amides is 1. The van der Waals surface area contributed by atoms with Crippen LogP contribution in [0.5, 0.6) is 0 Å². The Kier molecular flexibility index (Phi) is 4.51. The summed E-state index contributed by atoms with van der Waals surface area (Å²) in [6.07, 6.45) is 4.08. The standard InChI is InChI=1S/C22H20N6O2/c29-19(24-18-8-2-1-3-9-18)15-28-22(30)27-13-11-23-20(21(27)25-28)26-12-10-16-6-4-5-7-17(16)14-26/h1-9,11,13H,10,12,14-15H2,(H,24,29). The van der Waals surface area contributed by atoms with Gasteiger partial charge in [-0.05, 0) is 29.7 Å². The quantitative estimate of drug-likeness (QED) is 0.567. The number of benzene rings is 2. The zero-order valence-corrected chi connectivity index (χ0v) is 16.2. The fourth-order valence-electron chi connectivity index (χ4n) is 3.80. The van der Waals surface area contributed by atoms with Gasteiger partial charge in [-0.2, -0.15) is 0 Å². The number of fused-ring (bicyclic) bond motifs is 2. The molecular formula is C22H20N6O2. The Morgan fingerprint density at radius 2 is 1.80 bits per heavy atom. The molecule has 0 unspecified atom stereocenters. The highest BCUT2D eigenvalue weighted by Crippen LogP contribution is 2.24. The molecule has 1 N–H and O–H groups in total. The lowest BCUT2D eigenvalue weighted by Gasteiger charge is -2.29. The highest BCUT2D eigenvalue weighted by molar-refractivity contribution is 5.90. The third-order valence-corrected chi connectivity index (χ3v) is 5.26. The molecule has 0 saturated carbocycles. The van der Waals surface area contributed by atoms with E-state index in [-0.39, 0.29) is 18.1 Å². The third kappa shape index (κ3) is 3.32. The summed E-state index contributed by atoms with van der Waals surface area (Å²) in [5.41, 5.74) is 3.34. The summed E-state index contributed by atoms with van der Waals surface area (Å²) >= 11 is 0. The molecular weight excluding hydrogens is 380 g/mol. The number of rotatable bonds is 4. The van der Waals surface area contributed by atoms with E-state index in [4.69, 9.17) is 0 Å². The van der Waals surface area contributed by atoms with Gasteiger partial charge in [0.15, 0.2) is 5.82 Å². The van der Waals surface area contributed by atoms with E-state index in [0.29, 0.717) is 23.7 Å². The van der Waals surface area contributed by atoms with Crippen LogP contribution in [0.3, 0.4) is 0 Å². The predicted octanol–water partition coefficient (Wildman–Crippen LogP) is 2.09. The van der Waals surface area contributed by atoms with Crippen molar-refractivity contribution in [3.63, 3.8) is 0 Å². The van der Waals surface area contributed by atoms with Gasteiger partial charge in [0.1, 0.15) is 6.54 Å². The molecule has 0 saturated heterocycles. The van der Waals surface area contributed by atoms with Crippen LogP contribution in [0.1, 0.15) is 11.1 Å². The molecule has 0 radical (unpaired) electrons. The van der Waals surface area contributed by atoms with Gasteiger partial charge in [-0.15, -0.1) is 5.10 Å². The normalized spacial score (nSPS) is 13.3. The molecule has 2 aromatic heterocycles. The largest absolute Gasteiger partial charge is 0.350 e. The van der Waals surface area contributed by atoms with Crippen molar-refractivity contribution in [2.45, 2.75) is 19.5 Å². The zero-order chi connectivity index (χ0) is 20.5. The number of aromatic nitrogens is 4. The van der Waals surface area contributed by atoms with E-state index < -0.39 is 0 Å². The molecule has 150 valence electrons. The molecule has 5 rings (SSSR count). The van der Waals surface area contributed by atoms with E-state index in [1.165, 1.54) is 20.2 Å². The van der Waals surface area contributed by atoms with Crippen molar-refractivity contribution >= 4 is 23.1 Å². The summed E-state index contributed by atoms with van der Waals surface area (Å²) in [5, 5.41) is 7.20. The second-order valence-corrected chi connectivity index (χ2v) is 7.24. The van der Waals surface area contributed by atoms with E-state index in [2.05, 4.69) is 38.5 Å². The number of hydrogen-bond acceptors (Lipinski definition) is 5. The van der Waals surface area contributed by atoms with Crippen LogP contribution in [0.15, 0.2) is 71.8 Å². The van der Waals surface area contributed by atoms with E-state index in [1.54, 1.807) is 24.5 Å². The molecule has 0 atom stereocenters. The average Bonchev–Trinajstić information content (AvgIpc) is 3.09. The first-order valence-corrected chi connectivity index (χ1v) is 9.80. The van der Waals surface area contributed by atoms with E-state index in [9.17, 15) is 9.59 Å². The highest BCUT2D eigenvalue weighted by Gasteiger charge is 2.22. The van der Waals surface area contributed by atoms with Crippen LogP contribution in [0.4, 0.5) is 11.5 Å². The lowest BCUT2D eigenvalue weighted by Crippen LogP contribution is -2.31. The summed E-state index contributed by atoms with van der Waals surface area (Å²) in [6.45, 7) is 1.33. The third-order valence-electron chi connectivity index (χ3n) is 5.26. The molecule has 0 fully saturated rings. The van der Waals surface area contributed by atoms with Gasteiger partial charge in [-0.3, -0.25) is 4.79 Å². The molecule has 3 heterocycles. The Morgan fingerprint density at radius 3 is 2.63 bits per heavy atom. The van der Waals surface area contributed by atoms with Crippen molar-refractivity contribution in [3.05, 3.63) is 88.6 Å². The number of carbonyl (C=O) groups excluding carboxylic acids is 1. The maximum absolute atomic E-state index is 12.8. The second kappa shape index (κ2) is 7.47. The molecule has 1 aliphatic heterocycles. The minimum absolute atomic E-state index is 0.169. The predicted molar refractivity (Wildman–Crippen MR) is 114 cm³/mol. The number of hydrogen-bond donors (Lipinski definition) is 1. The van der Waals surface area contributed by atoms with Crippen LogP contribution in [-0.4, -0.2) is 31.6 Å². The summed E-state index contributed by atoms with van der Waals surface area (Å²) in [7, 11) is 0. The number of nitrogens with zero attached hydrogens (tertiary/aromatic N) is 5. The monoisotopic (exact) mass is 400 g/mol. The van der Waals surface area contributed by atoms with Crippen LogP contribution in [0.25, 0.3) is 5.65 Å². The fraction of sp³-hybridized carbons (Fsp3) is 0.182. The second-order valence-electron chi connectivity index (χ2n) is 7.24. The van der Waals surface area contributed by atoms with Crippen molar-refractivity contribution in [2.24, 2.45) is 0 Å². The van der Waals surface area contributed by atoms with Crippen molar-refractivity contribution in [1.29, 1.82) is 0 Å². The Labute approximate surface area is 172 Å². The van der Waals surface area contributed by atoms with E-state index >= 15 is 0 Å². The molecule has 2 aromatic carbocycles. The van der Waals surface area contributed by atoms with Crippen molar-refractivity contribution in [1.82, 2.24) is 19.2 Å². The maximum Gasteiger partial charge on any atom is 0.350 e. The van der Waals surface area contributed by atoms with Gasteiger partial charge in [0.25, 0.3) is 0 Å². The zero-order valence-electron chi connectivity index (χ0n) is 16.2. The first kappa shape index (κ1) is 18.1. The minimum Gasteiger partial charge on any atom is -0.349 e. The lowest BCUT2D eigenvalue weighted by atomic mass is 10.00. The molecule has 0 spiro atoms. The van der Waals surface area contributed by atoms with E-state index in [1.807, 2.05) is 24.3 Å².